The summed E-state index contributed by atoms with van der Waals surface area (Å²) in [4.78, 5) is 23.7. The van der Waals surface area contributed by atoms with Crippen molar-refractivity contribution < 1.29 is 9.59 Å². The first-order valence-electron chi connectivity index (χ1n) is 8.42. The maximum absolute atomic E-state index is 12.3. The molecule has 0 radical (unpaired) electrons. The van der Waals surface area contributed by atoms with Crippen molar-refractivity contribution in [3.05, 3.63) is 35.9 Å². The molecule has 0 aliphatic heterocycles. The van der Waals surface area contributed by atoms with Crippen LogP contribution in [0.2, 0.25) is 0 Å². The van der Waals surface area contributed by atoms with E-state index in [0.717, 1.165) is 25.5 Å². The van der Waals surface area contributed by atoms with Gasteiger partial charge in [0.1, 0.15) is 12.1 Å². The number of benzene rings is 1. The van der Waals surface area contributed by atoms with Crippen LogP contribution < -0.4 is 0 Å². The Morgan fingerprint density at radius 1 is 1.23 bits per heavy atom. The number of carbonyl (C=O) groups excluding carboxylic acids is 2. The van der Waals surface area contributed by atoms with Gasteiger partial charge < -0.3 is 4.79 Å². The Balaban J connectivity index is 1.99. The fourth-order valence-corrected chi connectivity index (χ4v) is 3.60. The second kappa shape index (κ2) is 7.21. The van der Waals surface area contributed by atoms with E-state index < -0.39 is 0 Å². The number of Topliss-reactive ketones (excluding diaryl/α,β-unsaturated/α-hetero) is 1. The fourth-order valence-electron chi connectivity index (χ4n) is 3.60. The highest BCUT2D eigenvalue weighted by Crippen LogP contribution is 2.40. The zero-order chi connectivity index (χ0) is 16.2. The molecule has 1 aliphatic rings. The summed E-state index contributed by atoms with van der Waals surface area (Å²) in [5.74, 6) is 0.964. The van der Waals surface area contributed by atoms with Crippen LogP contribution in [-0.4, -0.2) is 12.1 Å². The van der Waals surface area contributed by atoms with Crippen molar-refractivity contribution in [1.82, 2.24) is 0 Å². The molecule has 1 aliphatic carbocycles. The molecule has 3 atom stereocenters. The normalized spacial score (nSPS) is 24.0. The third-order valence-corrected chi connectivity index (χ3v) is 5.11. The second-order valence-electron chi connectivity index (χ2n) is 7.82. The maximum atomic E-state index is 12.3. The molecule has 3 unspecified atom stereocenters. The molecule has 2 rings (SSSR count). The predicted molar refractivity (Wildman–Crippen MR) is 89.6 cm³/mol. The molecule has 1 aromatic rings. The molecular formula is C20H28O2. The van der Waals surface area contributed by atoms with Gasteiger partial charge in [-0.1, -0.05) is 51.1 Å². The summed E-state index contributed by atoms with van der Waals surface area (Å²) in [6.45, 7) is 6.77. The topological polar surface area (TPSA) is 34.1 Å². The molecule has 2 heteroatoms. The van der Waals surface area contributed by atoms with Crippen molar-refractivity contribution in [2.24, 2.45) is 23.2 Å². The van der Waals surface area contributed by atoms with Crippen molar-refractivity contribution in [3.8, 4) is 0 Å². The van der Waals surface area contributed by atoms with Gasteiger partial charge in [-0.2, -0.15) is 0 Å². The smallest absolute Gasteiger partial charge is 0.136 e. The Kier molecular flexibility index (Phi) is 5.55. The van der Waals surface area contributed by atoms with Gasteiger partial charge in [0, 0.05) is 18.3 Å². The van der Waals surface area contributed by atoms with Crippen LogP contribution >= 0.6 is 0 Å². The Hall–Kier alpha value is -1.44. The molecule has 1 aromatic carbocycles. The zero-order valence-electron chi connectivity index (χ0n) is 14.0. The molecule has 1 fully saturated rings. The number of hydrogen-bond acceptors (Lipinski definition) is 2. The molecule has 0 saturated heterocycles. The van der Waals surface area contributed by atoms with Crippen LogP contribution in [0.25, 0.3) is 0 Å². The van der Waals surface area contributed by atoms with Crippen molar-refractivity contribution >= 4 is 12.1 Å². The standard InChI is InChI=1S/C20H28O2/c1-20(2,3)18-9-10-19(22)17(13-18)12-16(14-21)11-15-7-5-4-6-8-15/h4-8,14,16-18H,9-13H2,1-3H3. The Bertz CT molecular complexity index is 498. The average Bonchev–Trinajstić information content (AvgIpc) is 2.48. The van der Waals surface area contributed by atoms with E-state index in [1.54, 1.807) is 0 Å². The minimum Gasteiger partial charge on any atom is -0.303 e. The van der Waals surface area contributed by atoms with E-state index in [-0.39, 0.29) is 17.3 Å². The Morgan fingerprint density at radius 2 is 1.91 bits per heavy atom. The molecule has 22 heavy (non-hydrogen) atoms. The lowest BCUT2D eigenvalue weighted by molar-refractivity contribution is -0.127. The van der Waals surface area contributed by atoms with E-state index in [1.165, 1.54) is 5.56 Å². The van der Waals surface area contributed by atoms with E-state index in [4.69, 9.17) is 0 Å². The summed E-state index contributed by atoms with van der Waals surface area (Å²) in [6.07, 6.45) is 5.13. The van der Waals surface area contributed by atoms with Gasteiger partial charge in [-0.05, 0) is 42.6 Å². The third-order valence-electron chi connectivity index (χ3n) is 5.11. The van der Waals surface area contributed by atoms with Crippen molar-refractivity contribution in [1.29, 1.82) is 0 Å². The Morgan fingerprint density at radius 3 is 2.50 bits per heavy atom. The summed E-state index contributed by atoms with van der Waals surface area (Å²) >= 11 is 0. The molecule has 0 spiro atoms. The Labute approximate surface area is 134 Å². The van der Waals surface area contributed by atoms with Crippen LogP contribution in [0.15, 0.2) is 30.3 Å². The van der Waals surface area contributed by atoms with Crippen molar-refractivity contribution in [2.45, 2.75) is 52.9 Å². The highest BCUT2D eigenvalue weighted by Gasteiger charge is 2.35. The molecular weight excluding hydrogens is 272 g/mol. The average molecular weight is 300 g/mol. The van der Waals surface area contributed by atoms with Crippen LogP contribution in [0, 0.1) is 23.2 Å². The van der Waals surface area contributed by atoms with E-state index in [9.17, 15) is 9.59 Å². The number of ketones is 1. The van der Waals surface area contributed by atoms with Crippen LogP contribution in [-0.2, 0) is 16.0 Å². The monoisotopic (exact) mass is 300 g/mol. The van der Waals surface area contributed by atoms with E-state index in [2.05, 4.69) is 32.9 Å². The van der Waals surface area contributed by atoms with Gasteiger partial charge in [-0.15, -0.1) is 0 Å². The van der Waals surface area contributed by atoms with Gasteiger partial charge in [0.2, 0.25) is 0 Å². The van der Waals surface area contributed by atoms with E-state index in [0.29, 0.717) is 24.5 Å². The lowest BCUT2D eigenvalue weighted by Gasteiger charge is -2.37. The highest BCUT2D eigenvalue weighted by molar-refractivity contribution is 5.82. The highest BCUT2D eigenvalue weighted by atomic mass is 16.1. The summed E-state index contributed by atoms with van der Waals surface area (Å²) in [5, 5.41) is 0. The van der Waals surface area contributed by atoms with Gasteiger partial charge >= 0.3 is 0 Å². The molecule has 120 valence electrons. The molecule has 2 nitrogen and oxygen atoms in total. The van der Waals surface area contributed by atoms with Crippen LogP contribution in [0.5, 0.6) is 0 Å². The van der Waals surface area contributed by atoms with Gasteiger partial charge in [-0.3, -0.25) is 4.79 Å². The molecule has 1 saturated carbocycles. The third kappa shape index (κ3) is 4.53. The first kappa shape index (κ1) is 16.9. The molecule has 0 amide bonds. The lowest BCUT2D eigenvalue weighted by Crippen LogP contribution is -2.33. The quantitative estimate of drug-likeness (QED) is 0.752. The lowest BCUT2D eigenvalue weighted by atomic mass is 9.67. The summed E-state index contributed by atoms with van der Waals surface area (Å²) < 4.78 is 0. The zero-order valence-corrected chi connectivity index (χ0v) is 14.0. The van der Waals surface area contributed by atoms with Gasteiger partial charge in [0.25, 0.3) is 0 Å². The maximum Gasteiger partial charge on any atom is 0.136 e. The second-order valence-corrected chi connectivity index (χ2v) is 7.82. The van der Waals surface area contributed by atoms with Gasteiger partial charge in [0.05, 0.1) is 0 Å². The van der Waals surface area contributed by atoms with Crippen molar-refractivity contribution in [2.75, 3.05) is 0 Å². The first-order chi connectivity index (χ1) is 10.4. The number of rotatable bonds is 5. The molecule has 0 N–H and O–H groups in total. The summed E-state index contributed by atoms with van der Waals surface area (Å²) in [5.41, 5.74) is 1.42. The number of hydrogen-bond donors (Lipinski definition) is 0. The van der Waals surface area contributed by atoms with Crippen LogP contribution in [0.3, 0.4) is 0 Å². The van der Waals surface area contributed by atoms with Crippen LogP contribution in [0.1, 0.15) is 52.0 Å². The summed E-state index contributed by atoms with van der Waals surface area (Å²) in [7, 11) is 0. The largest absolute Gasteiger partial charge is 0.303 e. The fraction of sp³-hybridized carbons (Fsp3) is 0.600. The van der Waals surface area contributed by atoms with Crippen LogP contribution in [0.4, 0.5) is 0 Å². The SMILES string of the molecule is CC(C)(C)C1CCC(=O)C(CC(C=O)Cc2ccccc2)C1. The minimum absolute atomic E-state index is 0.0462. The van der Waals surface area contributed by atoms with Crippen molar-refractivity contribution in [3.63, 3.8) is 0 Å². The number of aldehydes is 1. The van der Waals surface area contributed by atoms with E-state index >= 15 is 0 Å². The van der Waals surface area contributed by atoms with E-state index in [1.807, 2.05) is 18.2 Å². The number of carbonyl (C=O) groups is 2. The minimum atomic E-state index is -0.0462. The molecule has 0 heterocycles. The first-order valence-corrected chi connectivity index (χ1v) is 8.42. The molecule has 0 aromatic heterocycles. The predicted octanol–water partition coefficient (Wildman–Crippen LogP) is 4.47. The molecule has 0 bridgehead atoms. The van der Waals surface area contributed by atoms with Gasteiger partial charge in [-0.25, -0.2) is 0 Å². The van der Waals surface area contributed by atoms with Gasteiger partial charge in [0.15, 0.2) is 0 Å². The summed E-state index contributed by atoms with van der Waals surface area (Å²) in [6, 6.07) is 10.1.